The van der Waals surface area contributed by atoms with Crippen molar-refractivity contribution in [1.82, 2.24) is 20.0 Å². The summed E-state index contributed by atoms with van der Waals surface area (Å²) in [5, 5.41) is 8.93. The Hall–Kier alpha value is -4.00. The van der Waals surface area contributed by atoms with E-state index in [1.165, 1.54) is 11.1 Å². The van der Waals surface area contributed by atoms with Crippen LogP contribution in [0, 0.1) is 5.92 Å². The highest BCUT2D eigenvalue weighted by atomic mass is 16.2. The van der Waals surface area contributed by atoms with Crippen LogP contribution in [0.1, 0.15) is 19.3 Å². The van der Waals surface area contributed by atoms with Gasteiger partial charge in [0.15, 0.2) is 5.82 Å². The highest BCUT2D eigenvalue weighted by Gasteiger charge is 2.31. The van der Waals surface area contributed by atoms with Crippen molar-refractivity contribution in [1.29, 1.82) is 0 Å². The number of rotatable bonds is 8. The van der Waals surface area contributed by atoms with Gasteiger partial charge >= 0.3 is 0 Å². The van der Waals surface area contributed by atoms with E-state index < -0.39 is 0 Å². The van der Waals surface area contributed by atoms with E-state index in [2.05, 4.69) is 58.1 Å². The third kappa shape index (κ3) is 5.71. The SMILES string of the molecule is C=CCN(CC(=O)N1CCN(c2ccc(-c3ccc(-c4ccccc4)cc3)nn2)CC1)C(=O)C1CCC1. The molecule has 2 heterocycles. The molecule has 3 aromatic rings. The summed E-state index contributed by atoms with van der Waals surface area (Å²) < 4.78 is 0. The molecule has 0 N–H and O–H groups in total. The average molecular weight is 496 g/mol. The van der Waals surface area contributed by atoms with Gasteiger partial charge in [-0.2, -0.15) is 0 Å². The van der Waals surface area contributed by atoms with E-state index in [4.69, 9.17) is 0 Å². The average Bonchev–Trinajstić information content (AvgIpc) is 2.92. The summed E-state index contributed by atoms with van der Waals surface area (Å²) in [5.74, 6) is 0.968. The molecule has 1 aliphatic heterocycles. The molecule has 2 aromatic carbocycles. The molecule has 0 unspecified atom stereocenters. The molecule has 0 bridgehead atoms. The minimum absolute atomic E-state index is 0.00504. The summed E-state index contributed by atoms with van der Waals surface area (Å²) in [6, 6.07) is 22.6. The monoisotopic (exact) mass is 495 g/mol. The second kappa shape index (κ2) is 11.4. The molecule has 0 radical (unpaired) electrons. The van der Waals surface area contributed by atoms with Crippen molar-refractivity contribution in [2.24, 2.45) is 5.92 Å². The zero-order valence-corrected chi connectivity index (χ0v) is 21.1. The van der Waals surface area contributed by atoms with Crippen molar-refractivity contribution in [2.75, 3.05) is 44.2 Å². The van der Waals surface area contributed by atoms with E-state index in [9.17, 15) is 9.59 Å². The molecule has 1 saturated carbocycles. The zero-order chi connectivity index (χ0) is 25.6. The summed E-state index contributed by atoms with van der Waals surface area (Å²) in [5.41, 5.74) is 4.21. The van der Waals surface area contributed by atoms with Crippen molar-refractivity contribution in [2.45, 2.75) is 19.3 Å². The van der Waals surface area contributed by atoms with Crippen LogP contribution in [0.2, 0.25) is 0 Å². The zero-order valence-electron chi connectivity index (χ0n) is 21.1. The van der Waals surface area contributed by atoms with Crippen molar-refractivity contribution >= 4 is 17.6 Å². The molecule has 0 atom stereocenters. The Bertz CT molecular complexity index is 1220. The fourth-order valence-corrected chi connectivity index (χ4v) is 4.86. The summed E-state index contributed by atoms with van der Waals surface area (Å²) in [4.78, 5) is 31.2. The summed E-state index contributed by atoms with van der Waals surface area (Å²) in [6.07, 6.45) is 4.65. The lowest BCUT2D eigenvalue weighted by Crippen LogP contribution is -2.52. The van der Waals surface area contributed by atoms with Crippen LogP contribution < -0.4 is 4.90 Å². The highest BCUT2D eigenvalue weighted by Crippen LogP contribution is 2.28. The second-order valence-electron chi connectivity index (χ2n) is 9.72. The normalized spacial score (nSPS) is 15.7. The molecule has 2 aliphatic rings. The number of aromatic nitrogens is 2. The van der Waals surface area contributed by atoms with Gasteiger partial charge in [-0.05, 0) is 36.1 Å². The molecule has 1 saturated heterocycles. The van der Waals surface area contributed by atoms with Crippen LogP contribution in [0.15, 0.2) is 79.4 Å². The van der Waals surface area contributed by atoms with Crippen molar-refractivity contribution in [3.63, 3.8) is 0 Å². The molecular weight excluding hydrogens is 462 g/mol. The quantitative estimate of drug-likeness (QED) is 0.437. The fraction of sp³-hybridized carbons (Fsp3) is 0.333. The number of benzene rings is 2. The maximum Gasteiger partial charge on any atom is 0.242 e. The summed E-state index contributed by atoms with van der Waals surface area (Å²) >= 11 is 0. The first-order chi connectivity index (χ1) is 18.1. The van der Waals surface area contributed by atoms with E-state index in [-0.39, 0.29) is 24.3 Å². The maximum atomic E-state index is 12.9. The second-order valence-corrected chi connectivity index (χ2v) is 9.72. The largest absolute Gasteiger partial charge is 0.352 e. The number of carbonyl (C=O) groups excluding carboxylic acids is 2. The number of carbonyl (C=O) groups is 2. The molecule has 0 spiro atoms. The molecule has 5 rings (SSSR count). The standard InChI is InChI=1S/C30H33N5O2/c1-2-17-35(30(37)26-9-6-10-26)22-29(36)34-20-18-33(19-21-34)28-16-15-27(31-32-28)25-13-11-24(12-14-25)23-7-4-3-5-8-23/h2-5,7-8,11-16,26H,1,6,9-10,17-22H2. The van der Waals surface area contributed by atoms with Crippen molar-refractivity contribution < 1.29 is 9.59 Å². The van der Waals surface area contributed by atoms with E-state index in [1.807, 2.05) is 35.2 Å². The van der Waals surface area contributed by atoms with E-state index >= 15 is 0 Å². The van der Waals surface area contributed by atoms with Gasteiger partial charge in [-0.3, -0.25) is 9.59 Å². The molecule has 7 heteroatoms. The van der Waals surface area contributed by atoms with Gasteiger partial charge in [0.2, 0.25) is 11.8 Å². The minimum Gasteiger partial charge on any atom is -0.352 e. The van der Waals surface area contributed by atoms with Crippen LogP contribution >= 0.6 is 0 Å². The van der Waals surface area contributed by atoms with Gasteiger partial charge in [0.25, 0.3) is 0 Å². The van der Waals surface area contributed by atoms with Gasteiger partial charge in [0, 0.05) is 44.2 Å². The molecule has 2 fully saturated rings. The number of piperazine rings is 1. The van der Waals surface area contributed by atoms with Gasteiger partial charge in [-0.15, -0.1) is 16.8 Å². The third-order valence-corrected chi connectivity index (χ3v) is 7.34. The molecule has 2 amide bonds. The smallest absolute Gasteiger partial charge is 0.242 e. The predicted molar refractivity (Wildman–Crippen MR) is 146 cm³/mol. The first-order valence-electron chi connectivity index (χ1n) is 13.0. The van der Waals surface area contributed by atoms with Crippen LogP contribution in [0.5, 0.6) is 0 Å². The lowest BCUT2D eigenvalue weighted by molar-refractivity contribution is -0.144. The molecule has 7 nitrogen and oxygen atoms in total. The molecule has 1 aromatic heterocycles. The van der Waals surface area contributed by atoms with Crippen molar-refractivity contribution in [3.8, 4) is 22.4 Å². The van der Waals surface area contributed by atoms with E-state index in [1.54, 1.807) is 11.0 Å². The molecule has 1 aliphatic carbocycles. The lowest BCUT2D eigenvalue weighted by Gasteiger charge is -2.37. The maximum absolute atomic E-state index is 12.9. The third-order valence-electron chi connectivity index (χ3n) is 7.34. The van der Waals surface area contributed by atoms with Gasteiger partial charge in [-0.25, -0.2) is 0 Å². The number of amides is 2. The lowest BCUT2D eigenvalue weighted by atomic mass is 9.84. The van der Waals surface area contributed by atoms with Crippen LogP contribution in [0.25, 0.3) is 22.4 Å². The van der Waals surface area contributed by atoms with Crippen molar-refractivity contribution in [3.05, 3.63) is 79.4 Å². The Morgan fingerprint density at radius 2 is 1.54 bits per heavy atom. The Kier molecular flexibility index (Phi) is 7.59. The van der Waals surface area contributed by atoms with E-state index in [0.29, 0.717) is 32.7 Å². The Morgan fingerprint density at radius 1 is 0.865 bits per heavy atom. The van der Waals surface area contributed by atoms with E-state index in [0.717, 1.165) is 36.3 Å². The molecule has 190 valence electrons. The number of nitrogens with zero attached hydrogens (tertiary/aromatic N) is 5. The van der Waals surface area contributed by atoms with Gasteiger partial charge in [0.1, 0.15) is 6.54 Å². The number of hydrogen-bond donors (Lipinski definition) is 0. The summed E-state index contributed by atoms with van der Waals surface area (Å²) in [6.45, 7) is 6.86. The van der Waals surface area contributed by atoms with Gasteiger partial charge in [0.05, 0.1) is 5.69 Å². The molecule has 37 heavy (non-hydrogen) atoms. The topological polar surface area (TPSA) is 69.6 Å². The minimum atomic E-state index is -0.00504. The Labute approximate surface area is 218 Å². The Morgan fingerprint density at radius 3 is 2.14 bits per heavy atom. The Balaban J connectivity index is 1.15. The van der Waals surface area contributed by atoms with Crippen LogP contribution in [0.3, 0.4) is 0 Å². The number of hydrogen-bond acceptors (Lipinski definition) is 5. The van der Waals surface area contributed by atoms with Crippen LogP contribution in [0.4, 0.5) is 5.82 Å². The highest BCUT2D eigenvalue weighted by molar-refractivity contribution is 5.86. The first-order valence-corrected chi connectivity index (χ1v) is 13.0. The van der Waals surface area contributed by atoms with Gasteiger partial charge in [-0.1, -0.05) is 67.1 Å². The fourth-order valence-electron chi connectivity index (χ4n) is 4.86. The van der Waals surface area contributed by atoms with Crippen LogP contribution in [-0.2, 0) is 9.59 Å². The summed E-state index contributed by atoms with van der Waals surface area (Å²) in [7, 11) is 0. The predicted octanol–water partition coefficient (Wildman–Crippen LogP) is 4.27. The number of anilines is 1. The van der Waals surface area contributed by atoms with Gasteiger partial charge < -0.3 is 14.7 Å². The molecular formula is C30H33N5O2. The van der Waals surface area contributed by atoms with Crippen LogP contribution in [-0.4, -0.2) is 71.1 Å². The first kappa shape index (κ1) is 24.7.